The van der Waals surface area contributed by atoms with Gasteiger partial charge in [0, 0.05) is 12.6 Å². The first-order valence-electron chi connectivity index (χ1n) is 12.2. The Morgan fingerprint density at radius 1 is 0.971 bits per heavy atom. The topological polar surface area (TPSA) is 67.9 Å². The third kappa shape index (κ3) is 5.68. The molecular weight excluding hydrogens is 460 g/mol. The van der Waals surface area contributed by atoms with E-state index in [2.05, 4.69) is 5.32 Å². The minimum absolute atomic E-state index is 0.0892. The minimum Gasteiger partial charge on any atom is -0.454 e. The molecule has 1 N–H and O–H groups in total. The van der Waals surface area contributed by atoms with Gasteiger partial charge >= 0.3 is 0 Å². The molecule has 35 heavy (non-hydrogen) atoms. The van der Waals surface area contributed by atoms with Gasteiger partial charge in [0.15, 0.2) is 11.5 Å². The highest BCUT2D eigenvalue weighted by Gasteiger charge is 2.33. The molecule has 1 aromatic heterocycles. The van der Waals surface area contributed by atoms with Crippen LogP contribution in [-0.4, -0.2) is 29.5 Å². The van der Waals surface area contributed by atoms with E-state index >= 15 is 0 Å². The largest absolute Gasteiger partial charge is 0.454 e. The molecule has 1 saturated carbocycles. The average Bonchev–Trinajstić information content (AvgIpc) is 3.56. The van der Waals surface area contributed by atoms with Crippen molar-refractivity contribution in [3.05, 3.63) is 82.0 Å². The van der Waals surface area contributed by atoms with Gasteiger partial charge in [-0.25, -0.2) is 0 Å². The van der Waals surface area contributed by atoms with Gasteiger partial charge in [-0.2, -0.15) is 11.3 Å². The highest BCUT2D eigenvalue weighted by Crippen LogP contribution is 2.34. The van der Waals surface area contributed by atoms with Crippen molar-refractivity contribution in [2.45, 2.75) is 57.2 Å². The molecule has 7 heteroatoms. The van der Waals surface area contributed by atoms with Crippen LogP contribution in [0.15, 0.2) is 65.4 Å². The lowest BCUT2D eigenvalue weighted by Crippen LogP contribution is -2.47. The van der Waals surface area contributed by atoms with E-state index in [9.17, 15) is 9.59 Å². The second-order valence-corrected chi connectivity index (χ2v) is 9.95. The van der Waals surface area contributed by atoms with Crippen molar-refractivity contribution in [1.29, 1.82) is 0 Å². The van der Waals surface area contributed by atoms with Crippen LogP contribution in [0.5, 0.6) is 11.5 Å². The highest BCUT2D eigenvalue weighted by molar-refractivity contribution is 7.08. The monoisotopic (exact) mass is 490 g/mol. The molecule has 0 unspecified atom stereocenters. The Morgan fingerprint density at radius 3 is 2.54 bits per heavy atom. The minimum atomic E-state index is -0.727. The Labute approximate surface area is 209 Å². The fourth-order valence-electron chi connectivity index (χ4n) is 4.86. The second-order valence-electron chi connectivity index (χ2n) is 9.17. The normalized spacial score (nSPS) is 16.0. The summed E-state index contributed by atoms with van der Waals surface area (Å²) in [6, 6.07) is 16.7. The fraction of sp³-hybridized carbons (Fsp3) is 0.357. The molecule has 0 bridgehead atoms. The maximum Gasteiger partial charge on any atom is 0.247 e. The van der Waals surface area contributed by atoms with Crippen molar-refractivity contribution < 1.29 is 19.1 Å². The third-order valence-corrected chi connectivity index (χ3v) is 7.40. The van der Waals surface area contributed by atoms with E-state index in [-0.39, 0.29) is 37.6 Å². The molecule has 0 saturated heterocycles. The number of hydrogen-bond donors (Lipinski definition) is 1. The summed E-state index contributed by atoms with van der Waals surface area (Å²) in [4.78, 5) is 29.3. The molecule has 0 spiro atoms. The lowest BCUT2D eigenvalue weighted by atomic mass is 9.94. The van der Waals surface area contributed by atoms with Crippen LogP contribution >= 0.6 is 11.3 Å². The zero-order chi connectivity index (χ0) is 24.0. The molecule has 1 fully saturated rings. The van der Waals surface area contributed by atoms with Crippen LogP contribution in [0.1, 0.15) is 54.8 Å². The lowest BCUT2D eigenvalue weighted by molar-refractivity contribution is -0.141. The predicted octanol–water partition coefficient (Wildman–Crippen LogP) is 5.24. The number of ether oxygens (including phenoxy) is 2. The van der Waals surface area contributed by atoms with Gasteiger partial charge in [-0.1, -0.05) is 55.7 Å². The molecule has 1 atom stereocenters. The van der Waals surface area contributed by atoms with Crippen LogP contribution < -0.4 is 14.8 Å². The maximum absolute atomic E-state index is 13.8. The molecule has 2 heterocycles. The van der Waals surface area contributed by atoms with Crippen molar-refractivity contribution in [3.63, 3.8) is 0 Å². The van der Waals surface area contributed by atoms with E-state index < -0.39 is 6.04 Å². The van der Waals surface area contributed by atoms with Crippen LogP contribution in [0.3, 0.4) is 0 Å². The number of carbonyl (C=O) groups is 2. The van der Waals surface area contributed by atoms with Gasteiger partial charge in [-0.15, -0.1) is 0 Å². The highest BCUT2D eigenvalue weighted by atomic mass is 32.1. The third-order valence-electron chi connectivity index (χ3n) is 6.67. The molecule has 3 aromatic rings. The predicted molar refractivity (Wildman–Crippen MR) is 135 cm³/mol. The molecule has 6 nitrogen and oxygen atoms in total. The van der Waals surface area contributed by atoms with Crippen molar-refractivity contribution in [1.82, 2.24) is 10.2 Å². The van der Waals surface area contributed by atoms with Crippen LogP contribution in [0.25, 0.3) is 0 Å². The smallest absolute Gasteiger partial charge is 0.247 e. The standard InChI is InChI=1S/C28H30N2O4S/c31-26(16-21-13-14-35-18-21)30(17-20-11-12-24-25(15-20)34-19-33-24)27(22-7-3-1-4-8-22)28(32)29-23-9-5-2-6-10-23/h1,3-4,7-8,11-15,18,23,27H,2,5-6,9-10,16-17,19H2,(H,29,32)/t27-/m0/s1. The molecular formula is C28H30N2O4S. The summed E-state index contributed by atoms with van der Waals surface area (Å²) >= 11 is 1.56. The van der Waals surface area contributed by atoms with E-state index in [0.29, 0.717) is 11.5 Å². The van der Waals surface area contributed by atoms with E-state index in [1.807, 2.05) is 65.4 Å². The zero-order valence-corrected chi connectivity index (χ0v) is 20.5. The van der Waals surface area contributed by atoms with Gasteiger partial charge in [0.2, 0.25) is 18.6 Å². The lowest BCUT2D eigenvalue weighted by Gasteiger charge is -2.33. The molecule has 182 valence electrons. The van der Waals surface area contributed by atoms with Gasteiger partial charge < -0.3 is 19.7 Å². The molecule has 2 aromatic carbocycles. The van der Waals surface area contributed by atoms with Crippen molar-refractivity contribution in [2.24, 2.45) is 0 Å². The average molecular weight is 491 g/mol. The van der Waals surface area contributed by atoms with Crippen LogP contribution in [0, 0.1) is 0 Å². The fourth-order valence-corrected chi connectivity index (χ4v) is 5.53. The summed E-state index contributed by atoms with van der Waals surface area (Å²) in [6.45, 7) is 0.479. The number of nitrogens with one attached hydrogen (secondary N) is 1. The van der Waals surface area contributed by atoms with Crippen molar-refractivity contribution in [2.75, 3.05) is 6.79 Å². The molecule has 1 aliphatic carbocycles. The van der Waals surface area contributed by atoms with Gasteiger partial charge in [-0.05, 0) is 58.5 Å². The zero-order valence-electron chi connectivity index (χ0n) is 19.7. The van der Waals surface area contributed by atoms with Gasteiger partial charge in [0.25, 0.3) is 0 Å². The number of amides is 2. The summed E-state index contributed by atoms with van der Waals surface area (Å²) in [5, 5.41) is 7.21. The van der Waals surface area contributed by atoms with Crippen molar-refractivity contribution >= 4 is 23.2 Å². The van der Waals surface area contributed by atoms with Gasteiger partial charge in [-0.3, -0.25) is 9.59 Å². The van der Waals surface area contributed by atoms with Crippen molar-refractivity contribution in [3.8, 4) is 11.5 Å². The summed E-state index contributed by atoms with van der Waals surface area (Å²) in [6.07, 6.45) is 5.67. The van der Waals surface area contributed by atoms with E-state index in [0.717, 1.165) is 42.4 Å². The maximum atomic E-state index is 13.8. The second kappa shape index (κ2) is 11.0. The summed E-state index contributed by atoms with van der Waals surface area (Å²) in [7, 11) is 0. The molecule has 2 amide bonds. The SMILES string of the molecule is O=C(NC1CCCCC1)[C@H](c1ccccc1)N(Cc1ccc2c(c1)OCO2)C(=O)Cc1ccsc1. The van der Waals surface area contributed by atoms with E-state index in [1.54, 1.807) is 16.2 Å². The molecule has 2 aliphatic rings. The number of nitrogens with zero attached hydrogens (tertiary/aromatic N) is 1. The Kier molecular flexibility index (Phi) is 7.33. The first kappa shape index (κ1) is 23.4. The van der Waals surface area contributed by atoms with Crippen LogP contribution in [0.2, 0.25) is 0 Å². The van der Waals surface area contributed by atoms with Gasteiger partial charge in [0.05, 0.1) is 6.42 Å². The Morgan fingerprint density at radius 2 is 1.77 bits per heavy atom. The van der Waals surface area contributed by atoms with Crippen LogP contribution in [0.4, 0.5) is 0 Å². The number of hydrogen-bond acceptors (Lipinski definition) is 5. The first-order chi connectivity index (χ1) is 17.2. The number of rotatable bonds is 8. The number of thiophene rings is 1. The Bertz CT molecular complexity index is 1140. The Balaban J connectivity index is 1.47. The van der Waals surface area contributed by atoms with E-state index in [1.165, 1.54) is 6.42 Å². The number of carbonyl (C=O) groups excluding carboxylic acids is 2. The number of fused-ring (bicyclic) bond motifs is 1. The Hall–Kier alpha value is -3.32. The molecule has 1 aliphatic heterocycles. The molecule has 5 rings (SSSR count). The van der Waals surface area contributed by atoms with Gasteiger partial charge in [0.1, 0.15) is 6.04 Å². The quantitative estimate of drug-likeness (QED) is 0.469. The summed E-state index contributed by atoms with van der Waals surface area (Å²) in [5.41, 5.74) is 2.65. The first-order valence-corrected chi connectivity index (χ1v) is 13.2. The number of benzene rings is 2. The van der Waals surface area contributed by atoms with E-state index in [4.69, 9.17) is 9.47 Å². The summed E-state index contributed by atoms with van der Waals surface area (Å²) < 4.78 is 11.0. The molecule has 0 radical (unpaired) electrons. The summed E-state index contributed by atoms with van der Waals surface area (Å²) in [5.74, 6) is 1.14. The van der Waals surface area contributed by atoms with Crippen LogP contribution in [-0.2, 0) is 22.6 Å².